The molecule has 0 amide bonds. The molecule has 0 saturated carbocycles. The van der Waals surface area contributed by atoms with Gasteiger partial charge in [-0.05, 0) is 19.3 Å². The maximum Gasteiger partial charge on any atom is 0.335 e. The molecule has 0 aliphatic rings. The van der Waals surface area contributed by atoms with Crippen LogP contribution in [0.15, 0.2) is 0 Å². The molecule has 138 valence electrons. The summed E-state index contributed by atoms with van der Waals surface area (Å²) < 4.78 is 0. The summed E-state index contributed by atoms with van der Waals surface area (Å²) in [5.41, 5.74) is -1.50. The highest BCUT2D eigenvalue weighted by Crippen LogP contribution is 2.20. The van der Waals surface area contributed by atoms with E-state index >= 15 is 0 Å². The molecular weight excluding hydrogens is 288 g/mol. The lowest BCUT2D eigenvalue weighted by Crippen LogP contribution is -2.37. The Kier molecular flexibility index (Phi) is 14.6. The maximum atomic E-state index is 11.0. The Bertz CT molecular complexity index is 278. The second-order valence-electron chi connectivity index (χ2n) is 7.04. The van der Waals surface area contributed by atoms with Crippen LogP contribution in [0.25, 0.3) is 0 Å². The van der Waals surface area contributed by atoms with E-state index in [1.165, 1.54) is 70.6 Å². The Morgan fingerprint density at radius 1 is 0.696 bits per heavy atom. The number of carboxylic acid groups (broad SMARTS) is 1. The molecule has 0 aromatic carbocycles. The van der Waals surface area contributed by atoms with Crippen LogP contribution in [0, 0.1) is 0 Å². The summed E-state index contributed by atoms with van der Waals surface area (Å²) in [7, 11) is 0. The monoisotopic (exact) mass is 328 g/mol. The van der Waals surface area contributed by atoms with Gasteiger partial charge < -0.3 is 10.2 Å². The predicted molar refractivity (Wildman–Crippen MR) is 97.8 cm³/mol. The zero-order valence-electron chi connectivity index (χ0n) is 15.6. The van der Waals surface area contributed by atoms with Crippen molar-refractivity contribution in [2.45, 2.75) is 122 Å². The number of carbonyl (C=O) groups is 1. The zero-order valence-corrected chi connectivity index (χ0v) is 15.6. The van der Waals surface area contributed by atoms with Crippen molar-refractivity contribution < 1.29 is 15.0 Å². The SMILES string of the molecule is CCCCCCCCCCCCCCCCC(O)(CC)C(=O)O. The van der Waals surface area contributed by atoms with Gasteiger partial charge in [-0.1, -0.05) is 97.3 Å². The van der Waals surface area contributed by atoms with Crippen molar-refractivity contribution in [3.8, 4) is 0 Å². The molecule has 1 atom stereocenters. The summed E-state index contributed by atoms with van der Waals surface area (Å²) in [5, 5.41) is 18.9. The Balaban J connectivity index is 3.26. The van der Waals surface area contributed by atoms with Crippen molar-refractivity contribution in [2.75, 3.05) is 0 Å². The molecule has 0 radical (unpaired) electrons. The number of hydrogen-bond donors (Lipinski definition) is 2. The third-order valence-corrected chi connectivity index (χ3v) is 4.93. The van der Waals surface area contributed by atoms with Gasteiger partial charge >= 0.3 is 5.97 Å². The van der Waals surface area contributed by atoms with Crippen LogP contribution in [0.5, 0.6) is 0 Å². The largest absolute Gasteiger partial charge is 0.479 e. The van der Waals surface area contributed by atoms with Gasteiger partial charge in [-0.2, -0.15) is 0 Å². The lowest BCUT2D eigenvalue weighted by atomic mass is 9.93. The van der Waals surface area contributed by atoms with Crippen molar-refractivity contribution >= 4 is 5.97 Å². The first-order chi connectivity index (χ1) is 11.1. The summed E-state index contributed by atoms with van der Waals surface area (Å²) in [4.78, 5) is 11.0. The molecule has 23 heavy (non-hydrogen) atoms. The Morgan fingerprint density at radius 3 is 1.35 bits per heavy atom. The minimum Gasteiger partial charge on any atom is -0.479 e. The molecule has 2 N–H and O–H groups in total. The average molecular weight is 329 g/mol. The molecule has 0 aromatic rings. The fourth-order valence-corrected chi connectivity index (χ4v) is 3.05. The quantitative estimate of drug-likeness (QED) is 0.318. The average Bonchev–Trinajstić information content (AvgIpc) is 2.54. The lowest BCUT2D eigenvalue weighted by molar-refractivity contribution is -0.159. The van der Waals surface area contributed by atoms with Crippen LogP contribution in [0.4, 0.5) is 0 Å². The molecule has 0 aliphatic heterocycles. The summed E-state index contributed by atoms with van der Waals surface area (Å²) in [6, 6.07) is 0. The van der Waals surface area contributed by atoms with Gasteiger partial charge in [0.1, 0.15) is 0 Å². The third-order valence-electron chi connectivity index (χ3n) is 4.93. The van der Waals surface area contributed by atoms with Crippen molar-refractivity contribution in [1.82, 2.24) is 0 Å². The third kappa shape index (κ3) is 12.5. The number of aliphatic hydroxyl groups is 1. The van der Waals surface area contributed by atoms with E-state index in [1.807, 2.05) is 0 Å². The fraction of sp³-hybridized carbons (Fsp3) is 0.950. The minimum absolute atomic E-state index is 0.292. The topological polar surface area (TPSA) is 57.5 Å². The highest BCUT2D eigenvalue weighted by molar-refractivity contribution is 5.76. The van der Waals surface area contributed by atoms with E-state index in [0.29, 0.717) is 12.8 Å². The molecule has 0 rings (SSSR count). The van der Waals surface area contributed by atoms with Gasteiger partial charge in [0.05, 0.1) is 0 Å². The van der Waals surface area contributed by atoms with E-state index in [4.69, 9.17) is 5.11 Å². The number of carboxylic acids is 1. The molecule has 0 heterocycles. The highest BCUT2D eigenvalue weighted by Gasteiger charge is 2.32. The zero-order chi connectivity index (χ0) is 17.4. The van der Waals surface area contributed by atoms with Gasteiger partial charge in [-0.15, -0.1) is 0 Å². The molecule has 0 aromatic heterocycles. The van der Waals surface area contributed by atoms with Gasteiger partial charge in [0.25, 0.3) is 0 Å². The molecule has 0 aliphatic carbocycles. The molecule has 3 nitrogen and oxygen atoms in total. The first-order valence-electron chi connectivity index (χ1n) is 10.0. The number of rotatable bonds is 17. The minimum atomic E-state index is -1.50. The van der Waals surface area contributed by atoms with Crippen LogP contribution in [0.1, 0.15) is 117 Å². The van der Waals surface area contributed by atoms with Gasteiger partial charge in [-0.25, -0.2) is 4.79 Å². The highest BCUT2D eigenvalue weighted by atomic mass is 16.4. The number of unbranched alkanes of at least 4 members (excludes halogenated alkanes) is 13. The maximum absolute atomic E-state index is 11.0. The molecule has 3 heteroatoms. The normalized spacial score (nSPS) is 13.9. The van der Waals surface area contributed by atoms with Crippen LogP contribution in [0.3, 0.4) is 0 Å². The molecule has 0 fully saturated rings. The fourth-order valence-electron chi connectivity index (χ4n) is 3.05. The van der Waals surface area contributed by atoms with Crippen LogP contribution in [-0.2, 0) is 4.79 Å². The second kappa shape index (κ2) is 15.0. The predicted octanol–water partition coefficient (Wildman–Crippen LogP) is 6.08. The van der Waals surface area contributed by atoms with E-state index in [1.54, 1.807) is 6.92 Å². The Labute approximate surface area is 143 Å². The van der Waals surface area contributed by atoms with Crippen molar-refractivity contribution in [3.05, 3.63) is 0 Å². The number of hydrogen-bond acceptors (Lipinski definition) is 2. The Hall–Kier alpha value is -0.570. The summed E-state index contributed by atoms with van der Waals surface area (Å²) in [6.07, 6.45) is 18.7. The van der Waals surface area contributed by atoms with Gasteiger partial charge in [0.15, 0.2) is 5.60 Å². The summed E-state index contributed by atoms with van der Waals surface area (Å²) >= 11 is 0. The smallest absolute Gasteiger partial charge is 0.335 e. The second-order valence-corrected chi connectivity index (χ2v) is 7.04. The van der Waals surface area contributed by atoms with Gasteiger partial charge in [0, 0.05) is 0 Å². The Morgan fingerprint density at radius 2 is 1.04 bits per heavy atom. The van der Waals surface area contributed by atoms with E-state index in [9.17, 15) is 9.90 Å². The molecule has 0 spiro atoms. The van der Waals surface area contributed by atoms with Crippen LogP contribution >= 0.6 is 0 Å². The van der Waals surface area contributed by atoms with E-state index in [2.05, 4.69) is 6.92 Å². The standard InChI is InChI=1S/C20H40O3/c1-3-5-6-7-8-9-10-11-12-13-14-15-16-17-18-20(23,4-2)19(21)22/h23H,3-18H2,1-2H3,(H,21,22). The van der Waals surface area contributed by atoms with Crippen molar-refractivity contribution in [2.24, 2.45) is 0 Å². The van der Waals surface area contributed by atoms with E-state index < -0.39 is 11.6 Å². The van der Waals surface area contributed by atoms with Crippen LogP contribution in [-0.4, -0.2) is 21.8 Å². The molecule has 0 bridgehead atoms. The lowest BCUT2D eigenvalue weighted by Gasteiger charge is -2.21. The molecule has 0 saturated heterocycles. The first kappa shape index (κ1) is 22.4. The van der Waals surface area contributed by atoms with Crippen molar-refractivity contribution in [1.29, 1.82) is 0 Å². The van der Waals surface area contributed by atoms with Crippen molar-refractivity contribution in [3.63, 3.8) is 0 Å². The van der Waals surface area contributed by atoms with E-state index in [0.717, 1.165) is 19.3 Å². The molecular formula is C20H40O3. The van der Waals surface area contributed by atoms with Gasteiger partial charge in [-0.3, -0.25) is 0 Å². The summed E-state index contributed by atoms with van der Waals surface area (Å²) in [5.74, 6) is -1.07. The van der Waals surface area contributed by atoms with Crippen LogP contribution in [0.2, 0.25) is 0 Å². The van der Waals surface area contributed by atoms with Crippen LogP contribution < -0.4 is 0 Å². The number of aliphatic carboxylic acids is 1. The molecule has 1 unspecified atom stereocenters. The van der Waals surface area contributed by atoms with E-state index in [-0.39, 0.29) is 0 Å². The van der Waals surface area contributed by atoms with Gasteiger partial charge in [0.2, 0.25) is 0 Å². The first-order valence-corrected chi connectivity index (χ1v) is 10.0. The summed E-state index contributed by atoms with van der Waals surface area (Å²) in [6.45, 7) is 3.99.